The maximum absolute atomic E-state index is 12.4. The number of hydrogen-bond donors (Lipinski definition) is 1. The minimum atomic E-state index is -0.322. The zero-order valence-electron chi connectivity index (χ0n) is 13.6. The largest absolute Gasteiger partial charge is 0.494 e. The van der Waals surface area contributed by atoms with E-state index in [4.69, 9.17) is 0 Å². The second kappa shape index (κ2) is 6.13. The summed E-state index contributed by atoms with van der Waals surface area (Å²) in [5.74, 6) is -0.00399. The number of rotatable bonds is 3. The van der Waals surface area contributed by atoms with E-state index in [0.29, 0.717) is 17.7 Å². The highest BCUT2D eigenvalue weighted by molar-refractivity contribution is 5.52. The number of benzene rings is 1. The lowest BCUT2D eigenvalue weighted by Crippen LogP contribution is -2.20. The van der Waals surface area contributed by atoms with E-state index in [0.717, 1.165) is 16.8 Å². The lowest BCUT2D eigenvalue weighted by molar-refractivity contribution is 0.406. The maximum Gasteiger partial charge on any atom is 0.281 e. The Morgan fingerprint density at radius 1 is 1.09 bits per heavy atom. The second-order valence-corrected chi connectivity index (χ2v) is 5.46. The molecule has 0 bridgehead atoms. The summed E-state index contributed by atoms with van der Waals surface area (Å²) in [6.07, 6.45) is 0. The van der Waals surface area contributed by atoms with Crippen LogP contribution < -0.4 is 5.56 Å². The van der Waals surface area contributed by atoms with Crippen LogP contribution in [-0.4, -0.2) is 9.67 Å². The van der Waals surface area contributed by atoms with Gasteiger partial charge in [0.1, 0.15) is 0 Å². The van der Waals surface area contributed by atoms with E-state index in [9.17, 15) is 9.90 Å². The topological polar surface area (TPSA) is 66.9 Å². The van der Waals surface area contributed by atoms with Gasteiger partial charge in [0.15, 0.2) is 11.6 Å². The molecule has 0 saturated heterocycles. The molecule has 5 nitrogen and oxygen atoms in total. The first kappa shape index (κ1) is 15.9. The summed E-state index contributed by atoms with van der Waals surface area (Å²) in [6, 6.07) is 5.91. The fourth-order valence-electron chi connectivity index (χ4n) is 2.27. The normalized spacial score (nSPS) is 11.3. The van der Waals surface area contributed by atoms with Gasteiger partial charge in [-0.15, -0.1) is 5.11 Å². The standard InChI is InChI=1S/C17H21N3O2/c1-6-20-16(21)13(5)12(4)15(17(20)22)19-18-14-9-10(2)7-8-11(14)3/h7-9,21H,6H2,1-5H3. The predicted octanol–water partition coefficient (Wildman–Crippen LogP) is 4.22. The Labute approximate surface area is 130 Å². The number of nitrogens with zero attached hydrogens (tertiary/aromatic N) is 3. The van der Waals surface area contributed by atoms with Gasteiger partial charge in [0.05, 0.1) is 5.69 Å². The molecule has 2 rings (SSSR count). The van der Waals surface area contributed by atoms with Gasteiger partial charge >= 0.3 is 0 Å². The van der Waals surface area contributed by atoms with Crippen molar-refractivity contribution in [1.82, 2.24) is 4.57 Å². The number of aromatic nitrogens is 1. The number of hydrogen-bond acceptors (Lipinski definition) is 4. The van der Waals surface area contributed by atoms with Gasteiger partial charge in [-0.3, -0.25) is 9.36 Å². The van der Waals surface area contributed by atoms with Crippen molar-refractivity contribution in [1.29, 1.82) is 0 Å². The molecule has 0 amide bonds. The molecular formula is C17H21N3O2. The Kier molecular flexibility index (Phi) is 4.45. The average Bonchev–Trinajstić information content (AvgIpc) is 2.49. The summed E-state index contributed by atoms with van der Waals surface area (Å²) in [7, 11) is 0. The summed E-state index contributed by atoms with van der Waals surface area (Å²) in [5.41, 5.74) is 4.09. The maximum atomic E-state index is 12.4. The Balaban J connectivity index is 2.59. The van der Waals surface area contributed by atoms with E-state index >= 15 is 0 Å². The fraction of sp³-hybridized carbons (Fsp3) is 0.353. The SMILES string of the molecule is CCn1c(O)c(C)c(C)c(N=Nc2cc(C)ccc2C)c1=O. The molecule has 0 aliphatic carbocycles. The minimum Gasteiger partial charge on any atom is -0.494 e. The van der Waals surface area contributed by atoms with Gasteiger partial charge in [0, 0.05) is 12.1 Å². The Hall–Kier alpha value is -2.43. The molecule has 1 heterocycles. The molecule has 1 N–H and O–H groups in total. The van der Waals surface area contributed by atoms with Crippen molar-refractivity contribution in [2.75, 3.05) is 0 Å². The van der Waals surface area contributed by atoms with E-state index < -0.39 is 0 Å². The van der Waals surface area contributed by atoms with Gasteiger partial charge in [0.2, 0.25) is 0 Å². The van der Waals surface area contributed by atoms with Crippen LogP contribution in [0.25, 0.3) is 0 Å². The van der Waals surface area contributed by atoms with Crippen LogP contribution >= 0.6 is 0 Å². The number of aromatic hydroxyl groups is 1. The summed E-state index contributed by atoms with van der Waals surface area (Å²) in [4.78, 5) is 12.4. The molecule has 0 aliphatic rings. The third-order valence-electron chi connectivity index (χ3n) is 3.90. The van der Waals surface area contributed by atoms with Crippen molar-refractivity contribution in [3.8, 4) is 5.88 Å². The third kappa shape index (κ3) is 2.79. The van der Waals surface area contributed by atoms with Gasteiger partial charge in [-0.05, 0) is 57.4 Å². The van der Waals surface area contributed by atoms with Gasteiger partial charge in [-0.2, -0.15) is 5.11 Å². The molecule has 22 heavy (non-hydrogen) atoms. The van der Waals surface area contributed by atoms with E-state index in [1.165, 1.54) is 4.57 Å². The number of azo groups is 1. The fourth-order valence-corrected chi connectivity index (χ4v) is 2.27. The lowest BCUT2D eigenvalue weighted by Gasteiger charge is -2.12. The molecule has 5 heteroatoms. The molecule has 1 aromatic heterocycles. The van der Waals surface area contributed by atoms with Crippen molar-refractivity contribution in [2.24, 2.45) is 10.2 Å². The molecule has 0 unspecified atom stereocenters. The van der Waals surface area contributed by atoms with Gasteiger partial charge < -0.3 is 5.11 Å². The van der Waals surface area contributed by atoms with Crippen LogP contribution in [0.3, 0.4) is 0 Å². The molecule has 116 valence electrons. The first-order chi connectivity index (χ1) is 10.4. The van der Waals surface area contributed by atoms with Crippen LogP contribution in [0.4, 0.5) is 11.4 Å². The molecule has 0 saturated carbocycles. The van der Waals surface area contributed by atoms with Crippen LogP contribution in [0.5, 0.6) is 5.88 Å². The van der Waals surface area contributed by atoms with E-state index in [2.05, 4.69) is 10.2 Å². The Bertz CT molecular complexity index is 805. The van der Waals surface area contributed by atoms with Crippen LogP contribution in [0.2, 0.25) is 0 Å². The molecule has 2 aromatic rings. The zero-order valence-corrected chi connectivity index (χ0v) is 13.6. The summed E-state index contributed by atoms with van der Waals surface area (Å²) in [6.45, 7) is 9.67. The third-order valence-corrected chi connectivity index (χ3v) is 3.90. The monoisotopic (exact) mass is 299 g/mol. The van der Waals surface area contributed by atoms with Gasteiger partial charge in [-0.1, -0.05) is 12.1 Å². The summed E-state index contributed by atoms with van der Waals surface area (Å²) >= 11 is 0. The number of pyridine rings is 1. The van der Waals surface area contributed by atoms with Crippen molar-refractivity contribution in [3.05, 3.63) is 50.8 Å². The van der Waals surface area contributed by atoms with Crippen molar-refractivity contribution < 1.29 is 5.11 Å². The molecule has 0 spiro atoms. The van der Waals surface area contributed by atoms with Crippen molar-refractivity contribution in [3.63, 3.8) is 0 Å². The van der Waals surface area contributed by atoms with Gasteiger partial charge in [-0.25, -0.2) is 0 Å². The quantitative estimate of drug-likeness (QED) is 0.862. The predicted molar refractivity (Wildman–Crippen MR) is 87.6 cm³/mol. The van der Waals surface area contributed by atoms with E-state index in [-0.39, 0.29) is 17.1 Å². The lowest BCUT2D eigenvalue weighted by atomic mass is 10.1. The molecular weight excluding hydrogens is 278 g/mol. The van der Waals surface area contributed by atoms with Crippen LogP contribution in [0.1, 0.15) is 29.2 Å². The summed E-state index contributed by atoms with van der Waals surface area (Å²) in [5, 5.41) is 18.4. The highest BCUT2D eigenvalue weighted by Crippen LogP contribution is 2.27. The molecule has 1 aromatic carbocycles. The minimum absolute atomic E-state index is 0.00399. The molecule has 0 aliphatic heterocycles. The van der Waals surface area contributed by atoms with Crippen molar-refractivity contribution in [2.45, 2.75) is 41.2 Å². The second-order valence-electron chi connectivity index (χ2n) is 5.46. The average molecular weight is 299 g/mol. The summed E-state index contributed by atoms with van der Waals surface area (Å²) < 4.78 is 1.31. The first-order valence-electron chi connectivity index (χ1n) is 7.28. The van der Waals surface area contributed by atoms with Crippen LogP contribution in [0.15, 0.2) is 33.2 Å². The van der Waals surface area contributed by atoms with Crippen LogP contribution in [-0.2, 0) is 6.54 Å². The highest BCUT2D eigenvalue weighted by atomic mass is 16.3. The smallest absolute Gasteiger partial charge is 0.281 e. The van der Waals surface area contributed by atoms with Crippen LogP contribution in [0, 0.1) is 27.7 Å². The van der Waals surface area contributed by atoms with E-state index in [1.807, 2.05) is 39.0 Å². The number of aryl methyl sites for hydroxylation is 2. The Morgan fingerprint density at radius 2 is 1.77 bits per heavy atom. The zero-order chi connectivity index (χ0) is 16.4. The molecule has 0 radical (unpaired) electrons. The Morgan fingerprint density at radius 3 is 2.41 bits per heavy atom. The van der Waals surface area contributed by atoms with Crippen molar-refractivity contribution >= 4 is 11.4 Å². The van der Waals surface area contributed by atoms with E-state index in [1.54, 1.807) is 13.8 Å². The first-order valence-corrected chi connectivity index (χ1v) is 7.28. The highest BCUT2D eigenvalue weighted by Gasteiger charge is 2.15. The molecule has 0 fully saturated rings. The molecule has 0 atom stereocenters. The van der Waals surface area contributed by atoms with Gasteiger partial charge in [0.25, 0.3) is 5.56 Å².